The second kappa shape index (κ2) is 56.7. The average molecular weight is 990 g/mol. The van der Waals surface area contributed by atoms with E-state index in [0.717, 1.165) is 69.6 Å². The van der Waals surface area contributed by atoms with Crippen LogP contribution in [0.1, 0.15) is 362 Å². The number of carbonyl (C=O) groups excluding carboxylic acids is 3. The lowest BCUT2D eigenvalue weighted by molar-refractivity contribution is -0.167. The topological polar surface area (TPSA) is 78.9 Å². The van der Waals surface area contributed by atoms with Crippen molar-refractivity contribution in [3.8, 4) is 0 Å². The van der Waals surface area contributed by atoms with Gasteiger partial charge in [-0.05, 0) is 31.1 Å². The lowest BCUT2D eigenvalue weighted by Crippen LogP contribution is -2.30. The summed E-state index contributed by atoms with van der Waals surface area (Å²) in [6.45, 7) is 11.5. The molecule has 0 saturated heterocycles. The summed E-state index contributed by atoms with van der Waals surface area (Å²) in [7, 11) is 0. The van der Waals surface area contributed by atoms with E-state index in [0.29, 0.717) is 19.3 Å². The maximum Gasteiger partial charge on any atom is 0.306 e. The van der Waals surface area contributed by atoms with Crippen LogP contribution in [0.4, 0.5) is 0 Å². The third-order valence-corrected chi connectivity index (χ3v) is 14.7. The van der Waals surface area contributed by atoms with Crippen molar-refractivity contribution in [1.29, 1.82) is 0 Å². The number of hydrogen-bond acceptors (Lipinski definition) is 6. The van der Waals surface area contributed by atoms with Crippen molar-refractivity contribution in [2.45, 2.75) is 368 Å². The Bertz CT molecular complexity index is 1070. The van der Waals surface area contributed by atoms with Gasteiger partial charge in [-0.15, -0.1) is 0 Å². The summed E-state index contributed by atoms with van der Waals surface area (Å²) in [4.78, 5) is 38.3. The highest BCUT2D eigenvalue weighted by Crippen LogP contribution is 2.19. The standard InChI is InChI=1S/C64H124O6/c1-6-7-8-9-10-11-12-13-14-15-16-19-25-31-36-41-46-51-56-64(67)70-61(58-69-63(66)55-50-45-40-35-30-26-21-23-28-33-38-43-48-53-60(4)5)57-68-62(65)54-49-44-39-34-29-24-20-17-18-22-27-32-37-42-47-52-59(2)3/h59-61H,6-58H2,1-5H3/t61-/m0/s1. The van der Waals surface area contributed by atoms with Crippen LogP contribution in [0.3, 0.4) is 0 Å². The molecule has 416 valence electrons. The minimum atomic E-state index is -0.764. The van der Waals surface area contributed by atoms with Crippen LogP contribution in [0.15, 0.2) is 0 Å². The predicted octanol–water partition coefficient (Wildman–Crippen LogP) is 21.2. The maximum absolute atomic E-state index is 12.9. The van der Waals surface area contributed by atoms with E-state index in [1.807, 2.05) is 0 Å². The number of carbonyl (C=O) groups is 3. The van der Waals surface area contributed by atoms with E-state index in [-0.39, 0.29) is 31.1 Å². The molecule has 6 heteroatoms. The monoisotopic (exact) mass is 989 g/mol. The van der Waals surface area contributed by atoms with E-state index in [4.69, 9.17) is 14.2 Å². The molecule has 0 aliphatic heterocycles. The van der Waals surface area contributed by atoms with Gasteiger partial charge in [-0.25, -0.2) is 0 Å². The van der Waals surface area contributed by atoms with Crippen LogP contribution >= 0.6 is 0 Å². The molecule has 0 bridgehead atoms. The molecule has 0 fully saturated rings. The molecular formula is C64H124O6. The Kier molecular flexibility index (Phi) is 55.4. The Hall–Kier alpha value is -1.59. The lowest BCUT2D eigenvalue weighted by Gasteiger charge is -2.18. The van der Waals surface area contributed by atoms with Gasteiger partial charge in [0.1, 0.15) is 13.2 Å². The molecule has 0 unspecified atom stereocenters. The summed E-state index contributed by atoms with van der Waals surface area (Å²) in [5.41, 5.74) is 0. The van der Waals surface area contributed by atoms with Gasteiger partial charge >= 0.3 is 17.9 Å². The molecule has 0 aliphatic rings. The Labute approximate surface area is 438 Å². The van der Waals surface area contributed by atoms with E-state index in [9.17, 15) is 14.4 Å². The zero-order chi connectivity index (χ0) is 51.1. The zero-order valence-electron chi connectivity index (χ0n) is 48.2. The van der Waals surface area contributed by atoms with E-state index >= 15 is 0 Å². The fourth-order valence-corrected chi connectivity index (χ4v) is 9.93. The van der Waals surface area contributed by atoms with Gasteiger partial charge in [0.15, 0.2) is 6.10 Å². The molecule has 0 N–H and O–H groups in total. The number of unbranched alkanes of at least 4 members (excludes halogenated alkanes) is 43. The molecule has 0 aromatic rings. The third-order valence-electron chi connectivity index (χ3n) is 14.7. The van der Waals surface area contributed by atoms with Crippen LogP contribution in [-0.4, -0.2) is 37.2 Å². The van der Waals surface area contributed by atoms with Crippen molar-refractivity contribution in [3.63, 3.8) is 0 Å². The van der Waals surface area contributed by atoms with Crippen LogP contribution in [0.2, 0.25) is 0 Å². The van der Waals surface area contributed by atoms with Crippen LogP contribution in [0, 0.1) is 11.8 Å². The minimum Gasteiger partial charge on any atom is -0.462 e. The van der Waals surface area contributed by atoms with Gasteiger partial charge in [-0.2, -0.15) is 0 Å². The Balaban J connectivity index is 4.29. The van der Waals surface area contributed by atoms with Crippen molar-refractivity contribution in [3.05, 3.63) is 0 Å². The van der Waals surface area contributed by atoms with Crippen molar-refractivity contribution in [2.24, 2.45) is 11.8 Å². The Morgan fingerprint density at radius 1 is 0.271 bits per heavy atom. The predicted molar refractivity (Wildman–Crippen MR) is 303 cm³/mol. The third kappa shape index (κ3) is 57.3. The molecule has 0 spiro atoms. The first kappa shape index (κ1) is 68.4. The first-order valence-electron chi connectivity index (χ1n) is 31.7. The molecule has 70 heavy (non-hydrogen) atoms. The number of ether oxygens (including phenoxy) is 3. The number of hydrogen-bond donors (Lipinski definition) is 0. The summed E-state index contributed by atoms with van der Waals surface area (Å²) in [5, 5.41) is 0. The molecule has 0 aromatic carbocycles. The zero-order valence-corrected chi connectivity index (χ0v) is 48.2. The first-order chi connectivity index (χ1) is 34.2. The highest BCUT2D eigenvalue weighted by atomic mass is 16.6. The fourth-order valence-electron chi connectivity index (χ4n) is 9.93. The molecule has 0 aliphatic carbocycles. The summed E-state index contributed by atoms with van der Waals surface area (Å²) in [6, 6.07) is 0. The molecule has 0 aromatic heterocycles. The van der Waals surface area contributed by atoms with Gasteiger partial charge in [0.25, 0.3) is 0 Å². The Morgan fingerprint density at radius 3 is 0.700 bits per heavy atom. The Morgan fingerprint density at radius 2 is 0.471 bits per heavy atom. The van der Waals surface area contributed by atoms with Gasteiger partial charge in [0, 0.05) is 19.3 Å². The van der Waals surface area contributed by atoms with Crippen molar-refractivity contribution >= 4 is 17.9 Å². The smallest absolute Gasteiger partial charge is 0.306 e. The largest absolute Gasteiger partial charge is 0.462 e. The minimum absolute atomic E-state index is 0.0619. The van der Waals surface area contributed by atoms with E-state index in [1.54, 1.807) is 0 Å². The van der Waals surface area contributed by atoms with Crippen molar-refractivity contribution in [1.82, 2.24) is 0 Å². The maximum atomic E-state index is 12.9. The molecule has 0 amide bonds. The molecule has 0 radical (unpaired) electrons. The normalized spacial score (nSPS) is 12.0. The van der Waals surface area contributed by atoms with E-state index < -0.39 is 6.10 Å². The highest BCUT2D eigenvalue weighted by Gasteiger charge is 2.19. The van der Waals surface area contributed by atoms with Crippen LogP contribution in [0.5, 0.6) is 0 Å². The van der Waals surface area contributed by atoms with Crippen LogP contribution in [-0.2, 0) is 28.6 Å². The van der Waals surface area contributed by atoms with Gasteiger partial charge in [0.05, 0.1) is 0 Å². The summed E-state index contributed by atoms with van der Waals surface area (Å²) in [6.07, 6.45) is 62.4. The van der Waals surface area contributed by atoms with Gasteiger partial charge in [-0.3, -0.25) is 14.4 Å². The van der Waals surface area contributed by atoms with Crippen molar-refractivity contribution < 1.29 is 28.6 Å². The van der Waals surface area contributed by atoms with Crippen LogP contribution in [0.25, 0.3) is 0 Å². The molecule has 0 rings (SSSR count). The highest BCUT2D eigenvalue weighted by molar-refractivity contribution is 5.71. The van der Waals surface area contributed by atoms with Crippen LogP contribution < -0.4 is 0 Å². The van der Waals surface area contributed by atoms with Crippen molar-refractivity contribution in [2.75, 3.05) is 13.2 Å². The van der Waals surface area contributed by atoms with Gasteiger partial charge in [0.2, 0.25) is 0 Å². The van der Waals surface area contributed by atoms with Gasteiger partial charge < -0.3 is 14.2 Å². The molecule has 0 heterocycles. The second-order valence-corrected chi connectivity index (χ2v) is 23.0. The average Bonchev–Trinajstić information content (AvgIpc) is 3.33. The molecule has 6 nitrogen and oxygen atoms in total. The SMILES string of the molecule is CCCCCCCCCCCCCCCCCCCCC(=O)O[C@@H](COC(=O)CCCCCCCCCCCCCCCCCC(C)C)COC(=O)CCCCCCCCCCCCCCCC(C)C. The second-order valence-electron chi connectivity index (χ2n) is 23.0. The summed E-state index contributed by atoms with van der Waals surface area (Å²) >= 11 is 0. The molecular weight excluding hydrogens is 865 g/mol. The fraction of sp³-hybridized carbons (Fsp3) is 0.953. The number of rotatable bonds is 58. The van der Waals surface area contributed by atoms with E-state index in [2.05, 4.69) is 34.6 Å². The van der Waals surface area contributed by atoms with E-state index in [1.165, 1.54) is 250 Å². The molecule has 0 saturated carbocycles. The quantitative estimate of drug-likeness (QED) is 0.0343. The first-order valence-corrected chi connectivity index (χ1v) is 31.7. The number of esters is 3. The van der Waals surface area contributed by atoms with Gasteiger partial charge in [-0.1, -0.05) is 324 Å². The molecule has 1 atom stereocenters. The summed E-state index contributed by atoms with van der Waals surface area (Å²) < 4.78 is 17.0. The summed E-state index contributed by atoms with van der Waals surface area (Å²) in [5.74, 6) is 0.857. The lowest BCUT2D eigenvalue weighted by atomic mass is 10.0.